The van der Waals surface area contributed by atoms with Gasteiger partial charge in [0.05, 0.1) is 10.0 Å². The molecule has 0 unspecified atom stereocenters. The molecule has 0 amide bonds. The van der Waals surface area contributed by atoms with Crippen LogP contribution in [0.25, 0.3) is 5.65 Å². The number of carboxylic acid groups (broad SMARTS) is 1. The molecule has 14 heavy (non-hydrogen) atoms. The minimum absolute atomic E-state index is 0.187. The monoisotopic (exact) mass is 274 g/mol. The van der Waals surface area contributed by atoms with Gasteiger partial charge in [-0.1, -0.05) is 11.6 Å². The van der Waals surface area contributed by atoms with Crippen LogP contribution in [0, 0.1) is 0 Å². The Kier molecular flexibility index (Phi) is 2.20. The average Bonchev–Trinajstić information content (AvgIpc) is 2.48. The Bertz CT molecular complexity index is 484. The fourth-order valence-corrected chi connectivity index (χ4v) is 1.55. The summed E-state index contributed by atoms with van der Waals surface area (Å²) < 4.78 is 2.22. The van der Waals surface area contributed by atoms with Gasteiger partial charge in [0.25, 0.3) is 0 Å². The Morgan fingerprint density at radius 3 is 2.93 bits per heavy atom. The van der Waals surface area contributed by atoms with Gasteiger partial charge in [-0.25, -0.2) is 9.78 Å². The van der Waals surface area contributed by atoms with Crippen LogP contribution in [0.3, 0.4) is 0 Å². The molecule has 0 saturated heterocycles. The standard InChI is InChI=1S/C8H4BrClN2O2/c9-5-3-12-2-4(8(13)14)1-6(12)11-7(5)10/h1-3H,(H,13,14). The highest BCUT2D eigenvalue weighted by molar-refractivity contribution is 9.10. The lowest BCUT2D eigenvalue weighted by Gasteiger charge is -1.96. The molecule has 1 N–H and O–H groups in total. The molecule has 0 atom stereocenters. The molecule has 2 aromatic heterocycles. The van der Waals surface area contributed by atoms with Crippen LogP contribution in [-0.2, 0) is 0 Å². The van der Waals surface area contributed by atoms with Crippen molar-refractivity contribution in [2.75, 3.05) is 0 Å². The molecule has 2 aromatic rings. The SMILES string of the molecule is O=C(O)c1cc2nc(Cl)c(Br)cn2c1. The van der Waals surface area contributed by atoms with Gasteiger partial charge in [0.15, 0.2) is 0 Å². The summed E-state index contributed by atoms with van der Waals surface area (Å²) in [5.41, 5.74) is 0.697. The summed E-state index contributed by atoms with van der Waals surface area (Å²) in [6, 6.07) is 1.46. The average molecular weight is 275 g/mol. The van der Waals surface area contributed by atoms with Crippen LogP contribution in [-0.4, -0.2) is 20.5 Å². The van der Waals surface area contributed by atoms with Crippen molar-refractivity contribution in [3.8, 4) is 0 Å². The first-order chi connectivity index (χ1) is 6.58. The number of halogens is 2. The number of aromatic carboxylic acids is 1. The van der Waals surface area contributed by atoms with Gasteiger partial charge in [-0.2, -0.15) is 0 Å². The van der Waals surface area contributed by atoms with Crippen LogP contribution in [0.5, 0.6) is 0 Å². The molecule has 0 saturated carbocycles. The van der Waals surface area contributed by atoms with E-state index in [9.17, 15) is 4.79 Å². The minimum atomic E-state index is -0.984. The smallest absolute Gasteiger partial charge is 0.337 e. The van der Waals surface area contributed by atoms with Gasteiger partial charge in [-0.15, -0.1) is 0 Å². The van der Waals surface area contributed by atoms with E-state index in [0.29, 0.717) is 15.3 Å². The molecule has 2 rings (SSSR count). The van der Waals surface area contributed by atoms with Crippen molar-refractivity contribution in [2.45, 2.75) is 0 Å². The lowest BCUT2D eigenvalue weighted by atomic mass is 10.3. The third-order valence-corrected chi connectivity index (χ3v) is 2.83. The molecule has 0 aliphatic carbocycles. The second-order valence-corrected chi connectivity index (χ2v) is 3.89. The summed E-state index contributed by atoms with van der Waals surface area (Å²) >= 11 is 8.96. The number of carbonyl (C=O) groups is 1. The summed E-state index contributed by atoms with van der Waals surface area (Å²) in [6.45, 7) is 0. The molecule has 0 aliphatic rings. The number of fused-ring (bicyclic) bond motifs is 1. The number of nitrogens with zero attached hydrogens (tertiary/aromatic N) is 2. The topological polar surface area (TPSA) is 54.6 Å². The number of carboxylic acids is 1. The van der Waals surface area contributed by atoms with Crippen molar-refractivity contribution in [3.63, 3.8) is 0 Å². The number of rotatable bonds is 1. The van der Waals surface area contributed by atoms with Crippen LogP contribution in [0.4, 0.5) is 0 Å². The summed E-state index contributed by atoms with van der Waals surface area (Å²) in [6.07, 6.45) is 3.14. The van der Waals surface area contributed by atoms with Gasteiger partial charge in [0.1, 0.15) is 10.8 Å². The van der Waals surface area contributed by atoms with Crippen molar-refractivity contribution in [1.29, 1.82) is 0 Å². The maximum Gasteiger partial charge on any atom is 0.337 e. The highest BCUT2D eigenvalue weighted by Gasteiger charge is 2.09. The van der Waals surface area contributed by atoms with E-state index < -0.39 is 5.97 Å². The first kappa shape index (κ1) is 9.48. The van der Waals surface area contributed by atoms with Crippen molar-refractivity contribution in [3.05, 3.63) is 33.6 Å². The van der Waals surface area contributed by atoms with Crippen LogP contribution in [0.2, 0.25) is 5.15 Å². The van der Waals surface area contributed by atoms with E-state index in [2.05, 4.69) is 20.9 Å². The molecule has 0 aromatic carbocycles. The maximum atomic E-state index is 10.7. The van der Waals surface area contributed by atoms with Crippen LogP contribution >= 0.6 is 27.5 Å². The van der Waals surface area contributed by atoms with Gasteiger partial charge >= 0.3 is 5.97 Å². The highest BCUT2D eigenvalue weighted by Crippen LogP contribution is 2.21. The Morgan fingerprint density at radius 1 is 1.57 bits per heavy atom. The predicted molar refractivity (Wildman–Crippen MR) is 54.9 cm³/mol. The number of aromatic nitrogens is 2. The van der Waals surface area contributed by atoms with Crippen LogP contribution < -0.4 is 0 Å². The second kappa shape index (κ2) is 3.25. The summed E-state index contributed by atoms with van der Waals surface area (Å²) in [5, 5.41) is 9.05. The molecule has 2 heterocycles. The number of hydrogen-bond donors (Lipinski definition) is 1. The van der Waals surface area contributed by atoms with E-state index in [-0.39, 0.29) is 5.56 Å². The van der Waals surface area contributed by atoms with Crippen molar-refractivity contribution < 1.29 is 9.90 Å². The second-order valence-electron chi connectivity index (χ2n) is 2.68. The Balaban J connectivity index is 2.72. The molecule has 4 nitrogen and oxygen atoms in total. The zero-order chi connectivity index (χ0) is 10.3. The Morgan fingerprint density at radius 2 is 2.29 bits per heavy atom. The van der Waals surface area contributed by atoms with E-state index in [1.165, 1.54) is 12.3 Å². The zero-order valence-corrected chi connectivity index (χ0v) is 9.08. The largest absolute Gasteiger partial charge is 0.478 e. The van der Waals surface area contributed by atoms with E-state index in [1.54, 1.807) is 10.6 Å². The third kappa shape index (κ3) is 1.49. The first-order valence-electron chi connectivity index (χ1n) is 3.65. The maximum absolute atomic E-state index is 10.7. The molecular formula is C8H4BrClN2O2. The third-order valence-electron chi connectivity index (χ3n) is 1.74. The van der Waals surface area contributed by atoms with Gasteiger partial charge in [0, 0.05) is 12.4 Å². The fourth-order valence-electron chi connectivity index (χ4n) is 1.11. The lowest BCUT2D eigenvalue weighted by molar-refractivity contribution is 0.0697. The summed E-state index contributed by atoms with van der Waals surface area (Å²) in [5.74, 6) is -0.984. The van der Waals surface area contributed by atoms with Gasteiger partial charge < -0.3 is 9.51 Å². The Labute approximate surface area is 92.3 Å². The van der Waals surface area contributed by atoms with Crippen molar-refractivity contribution in [2.24, 2.45) is 0 Å². The molecule has 72 valence electrons. The fraction of sp³-hybridized carbons (Fsp3) is 0. The molecule has 0 radical (unpaired) electrons. The van der Waals surface area contributed by atoms with E-state index in [4.69, 9.17) is 16.7 Å². The molecule has 6 heteroatoms. The molecular weight excluding hydrogens is 271 g/mol. The van der Waals surface area contributed by atoms with Crippen molar-refractivity contribution >= 4 is 39.1 Å². The van der Waals surface area contributed by atoms with Gasteiger partial charge in [0.2, 0.25) is 0 Å². The summed E-state index contributed by atoms with van der Waals surface area (Å²) in [7, 11) is 0. The van der Waals surface area contributed by atoms with E-state index in [1.807, 2.05) is 0 Å². The van der Waals surface area contributed by atoms with E-state index >= 15 is 0 Å². The lowest BCUT2D eigenvalue weighted by Crippen LogP contribution is -1.92. The van der Waals surface area contributed by atoms with Crippen LogP contribution in [0.1, 0.15) is 10.4 Å². The molecule has 0 bridgehead atoms. The van der Waals surface area contributed by atoms with Gasteiger partial charge in [-0.05, 0) is 22.0 Å². The predicted octanol–water partition coefficient (Wildman–Crippen LogP) is 2.45. The molecule has 0 spiro atoms. The highest BCUT2D eigenvalue weighted by atomic mass is 79.9. The zero-order valence-electron chi connectivity index (χ0n) is 6.74. The Hall–Kier alpha value is -1.07. The van der Waals surface area contributed by atoms with Crippen LogP contribution in [0.15, 0.2) is 22.9 Å². The van der Waals surface area contributed by atoms with Gasteiger partial charge in [-0.3, -0.25) is 0 Å². The minimum Gasteiger partial charge on any atom is -0.478 e. The quantitative estimate of drug-likeness (QED) is 0.813. The number of hydrogen-bond acceptors (Lipinski definition) is 2. The molecule has 0 aliphatic heterocycles. The molecule has 0 fully saturated rings. The van der Waals surface area contributed by atoms with E-state index in [0.717, 1.165) is 0 Å². The summed E-state index contributed by atoms with van der Waals surface area (Å²) in [4.78, 5) is 14.7. The normalized spacial score (nSPS) is 10.7. The van der Waals surface area contributed by atoms with Crippen molar-refractivity contribution in [1.82, 2.24) is 9.38 Å². The first-order valence-corrected chi connectivity index (χ1v) is 4.82.